The number of nitro groups is 1. The summed E-state index contributed by atoms with van der Waals surface area (Å²) in [5, 5.41) is 24.2. The van der Waals surface area contributed by atoms with Gasteiger partial charge in [0.2, 0.25) is 5.69 Å². The summed E-state index contributed by atoms with van der Waals surface area (Å²) < 4.78 is 0. The number of carbonyl (C=O) groups excluding carboxylic acids is 1. The molecular weight excluding hydrogens is 286 g/mol. The van der Waals surface area contributed by atoms with Crippen molar-refractivity contribution in [3.05, 3.63) is 21.5 Å². The number of H-pyrrole nitrogens is 1. The van der Waals surface area contributed by atoms with Crippen LogP contribution >= 0.6 is 0 Å². The highest BCUT2D eigenvalue weighted by Crippen LogP contribution is 2.28. The largest absolute Gasteiger partial charge is 0.348 e. The molecule has 0 aromatic carbocycles. The lowest BCUT2D eigenvalue weighted by molar-refractivity contribution is -0.385. The molecule has 3 N–H and O–H groups in total. The summed E-state index contributed by atoms with van der Waals surface area (Å²) in [6.45, 7) is 1.93. The van der Waals surface area contributed by atoms with Crippen LogP contribution in [0.3, 0.4) is 0 Å². The molecule has 0 spiro atoms. The van der Waals surface area contributed by atoms with Crippen molar-refractivity contribution in [3.8, 4) is 0 Å². The van der Waals surface area contributed by atoms with Crippen LogP contribution in [0.15, 0.2) is 0 Å². The molecule has 3 rings (SSSR count). The first kappa shape index (κ1) is 15.0. The molecule has 2 aliphatic rings. The first-order valence-electron chi connectivity index (χ1n) is 7.87. The molecule has 2 unspecified atom stereocenters. The van der Waals surface area contributed by atoms with Crippen molar-refractivity contribution in [2.45, 2.75) is 63.6 Å². The molecule has 22 heavy (non-hydrogen) atoms. The fraction of sp³-hybridized carbons (Fsp3) is 0.714. The van der Waals surface area contributed by atoms with Crippen LogP contribution in [0, 0.1) is 10.1 Å². The third kappa shape index (κ3) is 2.83. The molecule has 0 radical (unpaired) electrons. The third-order valence-electron chi connectivity index (χ3n) is 4.52. The summed E-state index contributed by atoms with van der Waals surface area (Å²) in [5.74, 6) is -0.448. The number of aryl methyl sites for hydroxylation is 1. The molecule has 1 aromatic rings. The van der Waals surface area contributed by atoms with Gasteiger partial charge in [0.15, 0.2) is 0 Å². The van der Waals surface area contributed by atoms with Crippen LogP contribution in [-0.2, 0) is 6.42 Å². The van der Waals surface area contributed by atoms with Crippen molar-refractivity contribution >= 4 is 11.6 Å². The average Bonchev–Trinajstić information content (AvgIpc) is 3.03. The van der Waals surface area contributed by atoms with Gasteiger partial charge in [0, 0.05) is 18.1 Å². The number of aromatic amines is 1. The number of amides is 1. The molecule has 2 aliphatic heterocycles. The van der Waals surface area contributed by atoms with E-state index in [4.69, 9.17) is 0 Å². The average molecular weight is 307 g/mol. The van der Waals surface area contributed by atoms with Gasteiger partial charge in [0.05, 0.1) is 4.92 Å². The van der Waals surface area contributed by atoms with Crippen molar-refractivity contribution in [2.24, 2.45) is 0 Å². The highest BCUT2D eigenvalue weighted by Gasteiger charge is 2.36. The molecule has 120 valence electrons. The van der Waals surface area contributed by atoms with E-state index in [0.29, 0.717) is 24.2 Å². The van der Waals surface area contributed by atoms with Crippen LogP contribution < -0.4 is 10.6 Å². The minimum Gasteiger partial charge on any atom is -0.348 e. The summed E-state index contributed by atoms with van der Waals surface area (Å²) >= 11 is 0. The topological polar surface area (TPSA) is 113 Å². The minimum absolute atomic E-state index is 0.0668. The molecule has 0 aliphatic carbocycles. The maximum atomic E-state index is 12.4. The standard InChI is InChI=1S/C14H21N5O3/c1-2-3-11-13(19(21)22)12(18-17-11)14(20)16-10-6-8-4-5-9(7-10)15-8/h8-10,15H,2-7H2,1H3,(H,16,20)(H,17,18). The Morgan fingerprint density at radius 1 is 1.41 bits per heavy atom. The van der Waals surface area contributed by atoms with Gasteiger partial charge in [-0.15, -0.1) is 0 Å². The van der Waals surface area contributed by atoms with Crippen molar-refractivity contribution in [1.29, 1.82) is 0 Å². The van der Waals surface area contributed by atoms with E-state index >= 15 is 0 Å². The predicted octanol–water partition coefficient (Wildman–Crippen LogP) is 1.28. The lowest BCUT2D eigenvalue weighted by Crippen LogP contribution is -2.48. The van der Waals surface area contributed by atoms with Crippen LogP contribution in [-0.4, -0.2) is 39.2 Å². The number of nitrogens with one attached hydrogen (secondary N) is 3. The summed E-state index contributed by atoms with van der Waals surface area (Å²) in [6.07, 6.45) is 5.29. The van der Waals surface area contributed by atoms with E-state index in [0.717, 1.165) is 32.1 Å². The Morgan fingerprint density at radius 2 is 2.09 bits per heavy atom. The van der Waals surface area contributed by atoms with Crippen LogP contribution in [0.5, 0.6) is 0 Å². The van der Waals surface area contributed by atoms with Crippen molar-refractivity contribution in [3.63, 3.8) is 0 Å². The van der Waals surface area contributed by atoms with Crippen LogP contribution in [0.4, 0.5) is 5.69 Å². The number of aromatic nitrogens is 2. The molecular formula is C14H21N5O3. The number of fused-ring (bicyclic) bond motifs is 2. The zero-order valence-electron chi connectivity index (χ0n) is 12.6. The van der Waals surface area contributed by atoms with Gasteiger partial charge < -0.3 is 10.6 Å². The first-order valence-corrected chi connectivity index (χ1v) is 7.87. The van der Waals surface area contributed by atoms with Gasteiger partial charge in [0.1, 0.15) is 5.69 Å². The van der Waals surface area contributed by atoms with E-state index in [1.54, 1.807) is 0 Å². The van der Waals surface area contributed by atoms with Crippen LogP contribution in [0.1, 0.15) is 55.2 Å². The Hall–Kier alpha value is -1.96. The molecule has 2 atom stereocenters. The molecule has 1 amide bonds. The lowest BCUT2D eigenvalue weighted by atomic mass is 9.99. The van der Waals surface area contributed by atoms with Crippen molar-refractivity contribution in [1.82, 2.24) is 20.8 Å². The van der Waals surface area contributed by atoms with E-state index in [1.807, 2.05) is 6.92 Å². The van der Waals surface area contributed by atoms with Crippen LogP contribution in [0.25, 0.3) is 0 Å². The summed E-state index contributed by atoms with van der Waals surface area (Å²) in [7, 11) is 0. The SMILES string of the molecule is CCCc1[nH]nc(C(=O)NC2CC3CCC(C2)N3)c1[N+](=O)[O-]. The summed E-state index contributed by atoms with van der Waals surface area (Å²) in [4.78, 5) is 23.1. The number of piperidine rings is 1. The maximum Gasteiger partial charge on any atom is 0.322 e. The minimum atomic E-state index is -0.518. The highest BCUT2D eigenvalue weighted by atomic mass is 16.6. The normalized spacial score (nSPS) is 26.9. The highest BCUT2D eigenvalue weighted by molar-refractivity contribution is 5.96. The van der Waals surface area contributed by atoms with Crippen LogP contribution in [0.2, 0.25) is 0 Å². The van der Waals surface area contributed by atoms with E-state index in [1.165, 1.54) is 0 Å². The van der Waals surface area contributed by atoms with Gasteiger partial charge in [-0.1, -0.05) is 13.3 Å². The van der Waals surface area contributed by atoms with Gasteiger partial charge >= 0.3 is 5.69 Å². The molecule has 2 bridgehead atoms. The summed E-state index contributed by atoms with van der Waals surface area (Å²) in [5.41, 5.74) is 0.138. The summed E-state index contributed by atoms with van der Waals surface area (Å²) in [6, 6.07) is 0.972. The van der Waals surface area contributed by atoms with E-state index in [-0.39, 0.29) is 17.4 Å². The fourth-order valence-corrected chi connectivity index (χ4v) is 3.58. The Labute approximate surface area is 128 Å². The lowest BCUT2D eigenvalue weighted by Gasteiger charge is -2.29. The van der Waals surface area contributed by atoms with E-state index in [2.05, 4.69) is 20.8 Å². The molecule has 1 aromatic heterocycles. The number of nitrogens with zero attached hydrogens (tertiary/aromatic N) is 2. The Bertz CT molecular complexity index is 573. The van der Waals surface area contributed by atoms with Crippen molar-refractivity contribution in [2.75, 3.05) is 0 Å². The zero-order chi connectivity index (χ0) is 15.7. The van der Waals surface area contributed by atoms with E-state index < -0.39 is 10.8 Å². The molecule has 3 heterocycles. The maximum absolute atomic E-state index is 12.4. The van der Waals surface area contributed by atoms with Gasteiger partial charge in [-0.05, 0) is 32.1 Å². The third-order valence-corrected chi connectivity index (χ3v) is 4.52. The molecule has 8 heteroatoms. The van der Waals surface area contributed by atoms with Gasteiger partial charge in [0.25, 0.3) is 5.91 Å². The molecule has 8 nitrogen and oxygen atoms in total. The molecule has 2 fully saturated rings. The second-order valence-corrected chi connectivity index (χ2v) is 6.19. The first-order chi connectivity index (χ1) is 10.6. The van der Waals surface area contributed by atoms with Gasteiger partial charge in [-0.25, -0.2) is 0 Å². The van der Waals surface area contributed by atoms with Gasteiger partial charge in [-0.3, -0.25) is 20.0 Å². The number of carbonyl (C=O) groups is 1. The van der Waals surface area contributed by atoms with Gasteiger partial charge in [-0.2, -0.15) is 5.10 Å². The molecule has 0 saturated carbocycles. The second-order valence-electron chi connectivity index (χ2n) is 6.19. The molecule has 2 saturated heterocycles. The van der Waals surface area contributed by atoms with Crippen molar-refractivity contribution < 1.29 is 9.72 Å². The monoisotopic (exact) mass is 307 g/mol. The second kappa shape index (κ2) is 6.04. The quantitative estimate of drug-likeness (QED) is 0.560. The smallest absolute Gasteiger partial charge is 0.322 e. The zero-order valence-corrected chi connectivity index (χ0v) is 12.6. The Kier molecular flexibility index (Phi) is 4.10. The number of rotatable bonds is 5. The number of hydrogen-bond acceptors (Lipinski definition) is 5. The van der Waals surface area contributed by atoms with E-state index in [9.17, 15) is 14.9 Å². The number of hydrogen-bond donors (Lipinski definition) is 3. The Morgan fingerprint density at radius 3 is 2.68 bits per heavy atom. The predicted molar refractivity (Wildman–Crippen MR) is 79.7 cm³/mol. The fourth-order valence-electron chi connectivity index (χ4n) is 3.58. The Balaban J connectivity index is 1.73.